The lowest BCUT2D eigenvalue weighted by atomic mass is 9.84. The summed E-state index contributed by atoms with van der Waals surface area (Å²) in [5.41, 5.74) is 10.1. The maximum absolute atomic E-state index is 9.79. The van der Waals surface area contributed by atoms with Crippen LogP contribution in [0.4, 0.5) is 0 Å². The van der Waals surface area contributed by atoms with Crippen LogP contribution >= 0.6 is 0 Å². The van der Waals surface area contributed by atoms with Gasteiger partial charge >= 0.3 is 0 Å². The van der Waals surface area contributed by atoms with E-state index in [1.165, 1.54) is 0 Å². The highest BCUT2D eigenvalue weighted by Gasteiger charge is 2.36. The summed E-state index contributed by atoms with van der Waals surface area (Å²) in [6.45, 7) is 2.65. The molecule has 29 heavy (non-hydrogen) atoms. The van der Waals surface area contributed by atoms with Gasteiger partial charge in [-0.2, -0.15) is 10.4 Å². The van der Waals surface area contributed by atoms with E-state index in [0.29, 0.717) is 29.5 Å². The van der Waals surface area contributed by atoms with Crippen LogP contribution in [-0.4, -0.2) is 16.6 Å². The van der Waals surface area contributed by atoms with Crippen molar-refractivity contribution >= 4 is 0 Å². The number of hydrogen-bond acceptors (Lipinski definition) is 6. The van der Waals surface area contributed by atoms with Crippen molar-refractivity contribution in [1.29, 1.82) is 5.26 Å². The second kappa shape index (κ2) is 6.60. The molecular formula is C22H18N4O3. The van der Waals surface area contributed by atoms with E-state index in [9.17, 15) is 5.26 Å². The molecule has 3 aromatic rings. The van der Waals surface area contributed by atoms with Gasteiger partial charge in [-0.25, -0.2) is 4.68 Å². The Kier molecular flexibility index (Phi) is 3.91. The van der Waals surface area contributed by atoms with Crippen LogP contribution in [-0.2, 0) is 6.54 Å². The average molecular weight is 386 g/mol. The van der Waals surface area contributed by atoms with Crippen LogP contribution in [0.25, 0.3) is 0 Å². The molecule has 3 heterocycles. The first kappa shape index (κ1) is 17.2. The molecule has 5 rings (SSSR count). The topological polar surface area (TPSA) is 95.3 Å². The van der Waals surface area contributed by atoms with Crippen molar-refractivity contribution in [3.63, 3.8) is 0 Å². The van der Waals surface area contributed by atoms with Gasteiger partial charge in [0, 0.05) is 0 Å². The first-order valence-electron chi connectivity index (χ1n) is 9.24. The minimum absolute atomic E-state index is 0.0943. The number of ether oxygens (including phenoxy) is 3. The number of hydrogen-bond donors (Lipinski definition) is 1. The molecule has 0 spiro atoms. The second-order valence-electron chi connectivity index (χ2n) is 6.98. The van der Waals surface area contributed by atoms with Gasteiger partial charge in [-0.1, -0.05) is 36.4 Å². The van der Waals surface area contributed by atoms with E-state index >= 15 is 0 Å². The quantitative estimate of drug-likeness (QED) is 0.743. The van der Waals surface area contributed by atoms with Gasteiger partial charge in [0.05, 0.1) is 23.7 Å². The predicted molar refractivity (Wildman–Crippen MR) is 104 cm³/mol. The number of allylic oxidation sites excluding steroid dienone is 1. The van der Waals surface area contributed by atoms with Gasteiger partial charge in [-0.05, 0) is 30.2 Å². The molecule has 144 valence electrons. The smallest absolute Gasteiger partial charge is 0.231 e. The van der Waals surface area contributed by atoms with Gasteiger partial charge in [0.25, 0.3) is 0 Å². The number of aryl methyl sites for hydroxylation is 1. The zero-order valence-corrected chi connectivity index (χ0v) is 15.8. The molecule has 0 bridgehead atoms. The highest BCUT2D eigenvalue weighted by molar-refractivity contribution is 5.58. The van der Waals surface area contributed by atoms with E-state index in [2.05, 4.69) is 11.2 Å². The maximum Gasteiger partial charge on any atom is 0.231 e. The maximum atomic E-state index is 9.79. The summed E-state index contributed by atoms with van der Waals surface area (Å²) < 4.78 is 18.6. The van der Waals surface area contributed by atoms with Gasteiger partial charge in [0.1, 0.15) is 11.6 Å². The fourth-order valence-corrected chi connectivity index (χ4v) is 3.87. The number of benzene rings is 2. The van der Waals surface area contributed by atoms with Gasteiger partial charge in [0.15, 0.2) is 11.5 Å². The Bertz CT molecular complexity index is 1170. The van der Waals surface area contributed by atoms with E-state index in [4.69, 9.17) is 19.9 Å². The monoisotopic (exact) mass is 386 g/mol. The third kappa shape index (κ3) is 2.77. The molecule has 0 saturated heterocycles. The zero-order valence-electron chi connectivity index (χ0n) is 15.8. The minimum atomic E-state index is -0.386. The fourth-order valence-electron chi connectivity index (χ4n) is 3.87. The molecule has 2 aliphatic heterocycles. The van der Waals surface area contributed by atoms with Crippen LogP contribution in [0.3, 0.4) is 0 Å². The Balaban J connectivity index is 1.64. The van der Waals surface area contributed by atoms with Gasteiger partial charge < -0.3 is 19.9 Å². The largest absolute Gasteiger partial charge is 0.454 e. The van der Waals surface area contributed by atoms with Crippen molar-refractivity contribution < 1.29 is 14.2 Å². The van der Waals surface area contributed by atoms with Crippen LogP contribution in [0, 0.1) is 18.3 Å². The van der Waals surface area contributed by atoms with Crippen LogP contribution in [0.1, 0.15) is 28.3 Å². The Morgan fingerprint density at radius 2 is 1.97 bits per heavy atom. The fraction of sp³-hybridized carbons (Fsp3) is 0.182. The normalized spacial score (nSPS) is 16.9. The number of nitriles is 1. The lowest BCUT2D eigenvalue weighted by Crippen LogP contribution is -2.22. The summed E-state index contributed by atoms with van der Waals surface area (Å²) in [6, 6.07) is 17.9. The van der Waals surface area contributed by atoms with Gasteiger partial charge in [-0.15, -0.1) is 0 Å². The van der Waals surface area contributed by atoms with E-state index < -0.39 is 0 Å². The van der Waals surface area contributed by atoms with Gasteiger partial charge in [-0.3, -0.25) is 0 Å². The second-order valence-corrected chi connectivity index (χ2v) is 6.98. The SMILES string of the molecule is Cc1nn(Cc2ccccc2)c2c1C(c1ccc3c(c1)OCO3)C(C#N)=C(N)O2. The Hall–Kier alpha value is -3.92. The number of nitrogens with zero attached hydrogens (tertiary/aromatic N) is 3. The standard InChI is InChI=1S/C22H18N4O3/c1-13-19-20(15-7-8-17-18(9-15)28-12-27-17)16(10-23)21(24)29-22(19)26(25-13)11-14-5-3-2-4-6-14/h2-9,20H,11-12,24H2,1H3. The molecule has 7 nitrogen and oxygen atoms in total. The van der Waals surface area contributed by atoms with Crippen molar-refractivity contribution in [2.75, 3.05) is 6.79 Å². The van der Waals surface area contributed by atoms with E-state index in [1.54, 1.807) is 4.68 Å². The summed E-state index contributed by atoms with van der Waals surface area (Å²) in [6.07, 6.45) is 0. The predicted octanol–water partition coefficient (Wildman–Crippen LogP) is 3.19. The van der Waals surface area contributed by atoms with Crippen LogP contribution < -0.4 is 19.9 Å². The molecule has 2 aliphatic rings. The van der Waals surface area contributed by atoms with Crippen LogP contribution in [0.15, 0.2) is 60.0 Å². The Morgan fingerprint density at radius 1 is 1.17 bits per heavy atom. The zero-order chi connectivity index (χ0) is 20.0. The highest BCUT2D eigenvalue weighted by Crippen LogP contribution is 2.46. The molecule has 2 N–H and O–H groups in total. The van der Waals surface area contributed by atoms with E-state index in [0.717, 1.165) is 22.4 Å². The first-order chi connectivity index (χ1) is 14.2. The van der Waals surface area contributed by atoms with Crippen molar-refractivity contribution in [1.82, 2.24) is 9.78 Å². The van der Waals surface area contributed by atoms with Crippen LogP contribution in [0.2, 0.25) is 0 Å². The van der Waals surface area contributed by atoms with Crippen LogP contribution in [0.5, 0.6) is 17.4 Å². The van der Waals surface area contributed by atoms with E-state index in [-0.39, 0.29) is 18.6 Å². The Morgan fingerprint density at radius 3 is 2.76 bits per heavy atom. The summed E-state index contributed by atoms with van der Waals surface area (Å²) in [4.78, 5) is 0. The Labute approximate surface area is 167 Å². The number of nitrogens with two attached hydrogens (primary N) is 1. The summed E-state index contributed by atoms with van der Waals surface area (Å²) >= 11 is 0. The molecule has 2 aromatic carbocycles. The molecule has 0 fully saturated rings. The summed E-state index contributed by atoms with van der Waals surface area (Å²) in [5, 5.41) is 14.5. The average Bonchev–Trinajstić information content (AvgIpc) is 3.32. The van der Waals surface area contributed by atoms with Crippen molar-refractivity contribution in [3.8, 4) is 23.4 Å². The van der Waals surface area contributed by atoms with Crippen molar-refractivity contribution in [2.45, 2.75) is 19.4 Å². The molecule has 0 amide bonds. The number of aromatic nitrogens is 2. The molecule has 0 radical (unpaired) electrons. The molecule has 7 heteroatoms. The lowest BCUT2D eigenvalue weighted by molar-refractivity contribution is 0.174. The number of rotatable bonds is 3. The van der Waals surface area contributed by atoms with Crippen molar-refractivity contribution in [2.24, 2.45) is 5.73 Å². The highest BCUT2D eigenvalue weighted by atomic mass is 16.7. The summed E-state index contributed by atoms with van der Waals surface area (Å²) in [5.74, 6) is 1.61. The molecule has 0 aliphatic carbocycles. The first-order valence-corrected chi connectivity index (χ1v) is 9.24. The minimum Gasteiger partial charge on any atom is -0.454 e. The molecule has 1 atom stereocenters. The molecule has 0 saturated carbocycles. The molecular weight excluding hydrogens is 368 g/mol. The summed E-state index contributed by atoms with van der Waals surface area (Å²) in [7, 11) is 0. The lowest BCUT2D eigenvalue weighted by Gasteiger charge is -2.25. The van der Waals surface area contributed by atoms with Gasteiger partial charge in [0.2, 0.25) is 18.6 Å². The number of fused-ring (bicyclic) bond motifs is 2. The van der Waals surface area contributed by atoms with E-state index in [1.807, 2.05) is 55.5 Å². The third-order valence-electron chi connectivity index (χ3n) is 5.20. The molecule has 1 unspecified atom stereocenters. The van der Waals surface area contributed by atoms with Crippen molar-refractivity contribution in [3.05, 3.63) is 82.4 Å². The third-order valence-corrected chi connectivity index (χ3v) is 5.20. The molecule has 1 aromatic heterocycles.